The lowest BCUT2D eigenvalue weighted by molar-refractivity contribution is 0.175. The van der Waals surface area contributed by atoms with Crippen LogP contribution >= 0.6 is 43.5 Å². The van der Waals surface area contributed by atoms with Gasteiger partial charge in [0, 0.05) is 22.4 Å². The van der Waals surface area contributed by atoms with E-state index in [0.717, 1.165) is 25.9 Å². The van der Waals surface area contributed by atoms with Crippen molar-refractivity contribution in [1.29, 1.82) is 0 Å². The molecule has 1 unspecified atom stereocenters. The molecule has 0 radical (unpaired) electrons. The first kappa shape index (κ1) is 15.0. The lowest BCUT2D eigenvalue weighted by Crippen LogP contribution is -2.07. The molecule has 0 fully saturated rings. The van der Waals surface area contributed by atoms with Gasteiger partial charge in [0.05, 0.1) is 22.5 Å². The first-order valence-corrected chi connectivity index (χ1v) is 7.67. The molecular formula is C13H13Br2ClN2O. The fourth-order valence-electron chi connectivity index (χ4n) is 1.97. The number of rotatable bonds is 3. The molecule has 1 N–H and O–H groups in total. The van der Waals surface area contributed by atoms with Crippen molar-refractivity contribution >= 4 is 43.5 Å². The summed E-state index contributed by atoms with van der Waals surface area (Å²) in [5, 5.41) is 15.2. The Labute approximate surface area is 133 Å². The van der Waals surface area contributed by atoms with Gasteiger partial charge in [-0.15, -0.1) is 0 Å². The zero-order valence-corrected chi connectivity index (χ0v) is 14.4. The van der Waals surface area contributed by atoms with Crippen LogP contribution in [-0.4, -0.2) is 14.9 Å². The fourth-order valence-corrected chi connectivity index (χ4v) is 3.54. The molecule has 6 heteroatoms. The van der Waals surface area contributed by atoms with Crippen molar-refractivity contribution in [1.82, 2.24) is 9.78 Å². The van der Waals surface area contributed by atoms with Crippen molar-refractivity contribution in [3.8, 4) is 0 Å². The second-order valence-electron chi connectivity index (χ2n) is 4.39. The summed E-state index contributed by atoms with van der Waals surface area (Å²) in [5.74, 6) is 0. The number of aryl methyl sites for hydroxylation is 2. The number of hydrogen-bond donors (Lipinski definition) is 1. The Morgan fingerprint density at radius 2 is 1.89 bits per heavy atom. The van der Waals surface area contributed by atoms with Gasteiger partial charge in [0.1, 0.15) is 0 Å². The third-order valence-electron chi connectivity index (χ3n) is 2.92. The second-order valence-corrected chi connectivity index (χ2v) is 6.60. The number of halogens is 3. The largest absolute Gasteiger partial charge is 0.388 e. The Balaban J connectivity index is 2.27. The summed E-state index contributed by atoms with van der Waals surface area (Å²) in [4.78, 5) is 0. The smallest absolute Gasteiger partial charge is 0.0848 e. The number of aliphatic hydroxyl groups is 1. The van der Waals surface area contributed by atoms with E-state index in [1.54, 1.807) is 4.68 Å². The van der Waals surface area contributed by atoms with Gasteiger partial charge in [-0.1, -0.05) is 43.5 Å². The minimum absolute atomic E-state index is 0.430. The molecule has 19 heavy (non-hydrogen) atoms. The summed E-state index contributed by atoms with van der Waals surface area (Å²) in [5.41, 5.74) is 2.45. The van der Waals surface area contributed by atoms with Crippen LogP contribution in [0.25, 0.3) is 0 Å². The lowest BCUT2D eigenvalue weighted by Gasteiger charge is -2.12. The molecule has 0 aliphatic heterocycles. The number of benzene rings is 1. The summed E-state index contributed by atoms with van der Waals surface area (Å²) in [6.07, 6.45) is -0.194. The molecule has 0 saturated carbocycles. The molecule has 1 atom stereocenters. The van der Waals surface area contributed by atoms with Crippen LogP contribution in [0.2, 0.25) is 5.02 Å². The van der Waals surface area contributed by atoms with E-state index in [1.807, 2.05) is 32.2 Å². The number of hydrogen-bond acceptors (Lipinski definition) is 2. The van der Waals surface area contributed by atoms with Crippen molar-refractivity contribution < 1.29 is 5.11 Å². The summed E-state index contributed by atoms with van der Waals surface area (Å²) in [7, 11) is 1.83. The quantitative estimate of drug-likeness (QED) is 0.827. The third-order valence-corrected chi connectivity index (χ3v) is 4.33. The van der Waals surface area contributed by atoms with E-state index < -0.39 is 6.10 Å². The molecule has 1 heterocycles. The number of aromatic nitrogens is 2. The van der Waals surface area contributed by atoms with Crippen molar-refractivity contribution in [2.45, 2.75) is 19.4 Å². The molecule has 0 amide bonds. The minimum atomic E-state index is -0.624. The van der Waals surface area contributed by atoms with Crippen LogP contribution < -0.4 is 0 Å². The SMILES string of the molecule is Cc1nn(C)c(CC(O)c2cc(Br)cc(Br)c2)c1Cl. The Kier molecular flexibility index (Phi) is 4.71. The molecule has 0 aliphatic carbocycles. The van der Waals surface area contributed by atoms with Gasteiger partial charge in [0.25, 0.3) is 0 Å². The monoisotopic (exact) mass is 406 g/mol. The average Bonchev–Trinajstić information content (AvgIpc) is 2.54. The van der Waals surface area contributed by atoms with Gasteiger partial charge in [-0.25, -0.2) is 0 Å². The standard InChI is InChI=1S/C13H13Br2ClN2O/c1-7-13(16)11(18(2)17-7)6-12(19)8-3-9(14)5-10(15)4-8/h3-5,12,19H,6H2,1-2H3. The molecule has 0 bridgehead atoms. The normalized spacial score (nSPS) is 12.7. The number of aliphatic hydroxyl groups excluding tert-OH is 1. The topological polar surface area (TPSA) is 38.0 Å². The minimum Gasteiger partial charge on any atom is -0.388 e. The van der Waals surface area contributed by atoms with E-state index in [2.05, 4.69) is 37.0 Å². The Bertz CT molecular complexity index is 593. The molecule has 1 aromatic heterocycles. The van der Waals surface area contributed by atoms with E-state index in [-0.39, 0.29) is 0 Å². The number of nitrogens with zero attached hydrogens (tertiary/aromatic N) is 2. The highest BCUT2D eigenvalue weighted by Crippen LogP contribution is 2.29. The van der Waals surface area contributed by atoms with Gasteiger partial charge in [-0.05, 0) is 30.7 Å². The average molecular weight is 409 g/mol. The molecule has 1 aromatic carbocycles. The summed E-state index contributed by atoms with van der Waals surface area (Å²) < 4.78 is 3.56. The summed E-state index contributed by atoms with van der Waals surface area (Å²) in [6.45, 7) is 1.86. The van der Waals surface area contributed by atoms with Crippen LogP contribution in [0.5, 0.6) is 0 Å². The van der Waals surface area contributed by atoms with E-state index in [0.29, 0.717) is 11.4 Å². The van der Waals surface area contributed by atoms with Crippen LogP contribution in [0.1, 0.15) is 23.1 Å². The molecular weight excluding hydrogens is 395 g/mol. The molecule has 2 rings (SSSR count). The van der Waals surface area contributed by atoms with E-state index in [4.69, 9.17) is 11.6 Å². The van der Waals surface area contributed by atoms with Crippen molar-refractivity contribution in [2.75, 3.05) is 0 Å². The maximum absolute atomic E-state index is 10.3. The first-order chi connectivity index (χ1) is 8.88. The zero-order chi connectivity index (χ0) is 14.2. The van der Waals surface area contributed by atoms with Crippen LogP contribution in [0.3, 0.4) is 0 Å². The predicted octanol–water partition coefficient (Wildman–Crippen LogP) is 4.18. The van der Waals surface area contributed by atoms with Gasteiger partial charge >= 0.3 is 0 Å². The van der Waals surface area contributed by atoms with Crippen LogP contribution in [0, 0.1) is 6.92 Å². The maximum Gasteiger partial charge on any atom is 0.0848 e. The van der Waals surface area contributed by atoms with Gasteiger partial charge in [-0.2, -0.15) is 5.10 Å². The molecule has 2 aromatic rings. The van der Waals surface area contributed by atoms with Crippen LogP contribution in [0.15, 0.2) is 27.1 Å². The highest BCUT2D eigenvalue weighted by Gasteiger charge is 2.17. The second kappa shape index (κ2) is 5.95. The van der Waals surface area contributed by atoms with Gasteiger partial charge in [0.15, 0.2) is 0 Å². The van der Waals surface area contributed by atoms with Gasteiger partial charge < -0.3 is 5.11 Å². The van der Waals surface area contributed by atoms with Crippen LogP contribution in [0.4, 0.5) is 0 Å². The molecule has 0 saturated heterocycles. The maximum atomic E-state index is 10.3. The fraction of sp³-hybridized carbons (Fsp3) is 0.308. The Morgan fingerprint density at radius 1 is 1.32 bits per heavy atom. The van der Waals surface area contributed by atoms with Gasteiger partial charge in [0.2, 0.25) is 0 Å². The molecule has 0 aliphatic rings. The first-order valence-electron chi connectivity index (χ1n) is 5.70. The molecule has 3 nitrogen and oxygen atoms in total. The highest BCUT2D eigenvalue weighted by molar-refractivity contribution is 9.11. The lowest BCUT2D eigenvalue weighted by atomic mass is 10.0. The van der Waals surface area contributed by atoms with Crippen molar-refractivity contribution in [3.63, 3.8) is 0 Å². The molecule has 102 valence electrons. The summed E-state index contributed by atoms with van der Waals surface area (Å²) in [6, 6.07) is 5.72. The van der Waals surface area contributed by atoms with E-state index in [1.165, 1.54) is 0 Å². The zero-order valence-electron chi connectivity index (χ0n) is 10.5. The van der Waals surface area contributed by atoms with Gasteiger partial charge in [-0.3, -0.25) is 4.68 Å². The Morgan fingerprint density at radius 3 is 2.37 bits per heavy atom. The van der Waals surface area contributed by atoms with E-state index >= 15 is 0 Å². The summed E-state index contributed by atoms with van der Waals surface area (Å²) >= 11 is 13.0. The third kappa shape index (κ3) is 3.40. The van der Waals surface area contributed by atoms with E-state index in [9.17, 15) is 5.11 Å². The molecule has 0 spiro atoms. The van der Waals surface area contributed by atoms with Crippen LogP contribution in [-0.2, 0) is 13.5 Å². The predicted molar refractivity (Wildman–Crippen MR) is 83.5 cm³/mol. The highest BCUT2D eigenvalue weighted by atomic mass is 79.9. The van der Waals surface area contributed by atoms with Crippen molar-refractivity contribution in [2.24, 2.45) is 7.05 Å². The van der Waals surface area contributed by atoms with Crippen molar-refractivity contribution in [3.05, 3.63) is 49.1 Å². The Hall–Kier alpha value is -0.360.